The molecule has 0 amide bonds. The van der Waals surface area contributed by atoms with Gasteiger partial charge < -0.3 is 5.32 Å². The molecule has 0 bridgehead atoms. The van der Waals surface area contributed by atoms with Crippen molar-refractivity contribution in [3.63, 3.8) is 0 Å². The van der Waals surface area contributed by atoms with E-state index >= 15 is 0 Å². The van der Waals surface area contributed by atoms with Crippen molar-refractivity contribution in [1.29, 1.82) is 0 Å². The molecule has 0 saturated carbocycles. The summed E-state index contributed by atoms with van der Waals surface area (Å²) in [7, 11) is 0. The third kappa shape index (κ3) is 5.76. The van der Waals surface area contributed by atoms with Crippen LogP contribution in [0.15, 0.2) is 29.2 Å². The predicted molar refractivity (Wildman–Crippen MR) is 57.5 cm³/mol. The minimum Gasteiger partial charge on any atom is -0.384 e. The third-order valence-electron chi connectivity index (χ3n) is 1.83. The zero-order valence-corrected chi connectivity index (χ0v) is 9.42. The van der Waals surface area contributed by atoms with E-state index in [1.54, 1.807) is 12.1 Å². The maximum atomic E-state index is 12.2. The minimum absolute atomic E-state index is 0.240. The van der Waals surface area contributed by atoms with Crippen LogP contribution in [0.5, 0.6) is 0 Å². The van der Waals surface area contributed by atoms with Crippen molar-refractivity contribution in [3.05, 3.63) is 24.3 Å². The Labute approximate surface area is 99.4 Å². The Bertz CT molecular complexity index is 353. The molecular weight excluding hydrogens is 261 g/mol. The van der Waals surface area contributed by atoms with Crippen LogP contribution >= 0.6 is 11.8 Å². The number of hydrogen-bond donors (Lipinski definition) is 1. The average molecular weight is 271 g/mol. The van der Waals surface area contributed by atoms with Crippen LogP contribution in [0.3, 0.4) is 0 Å². The lowest BCUT2D eigenvalue weighted by molar-refractivity contribution is -0.131. The molecule has 96 valence electrons. The topological polar surface area (TPSA) is 12.0 Å². The number of thioether (sulfide) groups is 1. The maximum absolute atomic E-state index is 12.2. The van der Waals surface area contributed by atoms with Gasteiger partial charge in [0.1, 0.15) is 0 Å². The Hall–Kier alpha value is -0.980. The molecule has 17 heavy (non-hydrogen) atoms. The van der Waals surface area contributed by atoms with Gasteiger partial charge in [-0.2, -0.15) is 22.0 Å². The number of nitrogens with one attached hydrogen (secondary N) is 1. The van der Waals surface area contributed by atoms with Crippen LogP contribution in [0.2, 0.25) is 0 Å². The van der Waals surface area contributed by atoms with Crippen LogP contribution in [0.25, 0.3) is 0 Å². The van der Waals surface area contributed by atoms with Gasteiger partial charge in [0.05, 0.1) is 6.42 Å². The fraction of sp³-hybridized carbons (Fsp3) is 0.400. The van der Waals surface area contributed by atoms with Gasteiger partial charge >= 0.3 is 6.18 Å². The lowest BCUT2D eigenvalue weighted by Crippen LogP contribution is -2.14. The van der Waals surface area contributed by atoms with Gasteiger partial charge in [-0.05, 0) is 12.1 Å². The molecule has 1 N–H and O–H groups in total. The van der Waals surface area contributed by atoms with Gasteiger partial charge in [0.15, 0.2) is 0 Å². The first-order valence-electron chi connectivity index (χ1n) is 4.73. The highest BCUT2D eigenvalue weighted by atomic mass is 32.2. The third-order valence-corrected chi connectivity index (χ3v) is 2.62. The van der Waals surface area contributed by atoms with Crippen molar-refractivity contribution in [2.45, 2.75) is 23.3 Å². The van der Waals surface area contributed by atoms with Crippen LogP contribution < -0.4 is 5.32 Å². The molecule has 1 aromatic rings. The van der Waals surface area contributed by atoms with Crippen molar-refractivity contribution in [2.24, 2.45) is 0 Å². The largest absolute Gasteiger partial charge is 0.390 e. The lowest BCUT2D eigenvalue weighted by atomic mass is 10.3. The van der Waals surface area contributed by atoms with Crippen molar-refractivity contribution in [2.75, 3.05) is 11.9 Å². The number of halogens is 5. The molecule has 0 aliphatic carbocycles. The van der Waals surface area contributed by atoms with Gasteiger partial charge in [-0.3, -0.25) is 0 Å². The molecular formula is C10H10F5NS. The van der Waals surface area contributed by atoms with E-state index in [9.17, 15) is 22.0 Å². The van der Waals surface area contributed by atoms with Crippen LogP contribution in [0.1, 0.15) is 6.42 Å². The Balaban J connectivity index is 2.58. The first-order valence-corrected chi connectivity index (χ1v) is 5.61. The maximum Gasteiger partial charge on any atom is 0.390 e. The fourth-order valence-electron chi connectivity index (χ4n) is 1.15. The molecule has 0 aromatic heterocycles. The quantitative estimate of drug-likeness (QED) is 0.630. The number of benzene rings is 1. The molecule has 7 heteroatoms. The molecule has 0 heterocycles. The Morgan fingerprint density at radius 3 is 2.41 bits per heavy atom. The SMILES string of the molecule is FC(F)Sc1ccccc1NCCC(F)(F)F. The van der Waals surface area contributed by atoms with E-state index in [1.165, 1.54) is 12.1 Å². The van der Waals surface area contributed by atoms with Crippen molar-refractivity contribution < 1.29 is 22.0 Å². The van der Waals surface area contributed by atoms with E-state index in [-0.39, 0.29) is 11.4 Å². The number of rotatable bonds is 5. The fourth-order valence-corrected chi connectivity index (χ4v) is 1.77. The van der Waals surface area contributed by atoms with Gasteiger partial charge in [-0.25, -0.2) is 0 Å². The summed E-state index contributed by atoms with van der Waals surface area (Å²) < 4.78 is 60.0. The zero-order chi connectivity index (χ0) is 12.9. The van der Waals surface area contributed by atoms with Crippen molar-refractivity contribution in [1.82, 2.24) is 0 Å². The van der Waals surface area contributed by atoms with E-state index in [0.717, 1.165) is 0 Å². The van der Waals surface area contributed by atoms with Gasteiger partial charge in [0, 0.05) is 17.1 Å². The van der Waals surface area contributed by atoms with Crippen LogP contribution in [-0.4, -0.2) is 18.5 Å². The Morgan fingerprint density at radius 1 is 1.18 bits per heavy atom. The Kier molecular flexibility index (Phi) is 5.04. The summed E-state index contributed by atoms with van der Waals surface area (Å²) in [6, 6.07) is 6.04. The molecule has 1 nitrogen and oxygen atoms in total. The molecule has 0 saturated heterocycles. The van der Waals surface area contributed by atoms with E-state index in [0.29, 0.717) is 17.4 Å². The second kappa shape index (κ2) is 6.09. The van der Waals surface area contributed by atoms with Crippen LogP contribution in [0, 0.1) is 0 Å². The number of hydrogen-bond acceptors (Lipinski definition) is 2. The monoisotopic (exact) mass is 271 g/mol. The summed E-state index contributed by atoms with van der Waals surface area (Å²) in [5.74, 6) is -2.60. The van der Waals surface area contributed by atoms with E-state index < -0.39 is 18.4 Å². The van der Waals surface area contributed by atoms with Crippen LogP contribution in [0.4, 0.5) is 27.6 Å². The van der Waals surface area contributed by atoms with Gasteiger partial charge in [0.25, 0.3) is 5.76 Å². The molecule has 0 aliphatic rings. The lowest BCUT2D eigenvalue weighted by Gasteiger charge is -2.12. The minimum atomic E-state index is -4.25. The first-order chi connectivity index (χ1) is 7.88. The summed E-state index contributed by atoms with van der Waals surface area (Å²) in [6.07, 6.45) is -5.25. The van der Waals surface area contributed by atoms with E-state index in [1.807, 2.05) is 0 Å². The molecule has 0 radical (unpaired) electrons. The molecule has 1 rings (SSSR count). The predicted octanol–water partition coefficient (Wildman–Crippen LogP) is 4.37. The average Bonchev–Trinajstić information content (AvgIpc) is 2.18. The van der Waals surface area contributed by atoms with Gasteiger partial charge in [0.2, 0.25) is 0 Å². The summed E-state index contributed by atoms with van der Waals surface area (Å²) in [4.78, 5) is 0.240. The number of alkyl halides is 5. The van der Waals surface area contributed by atoms with E-state index in [4.69, 9.17) is 0 Å². The number of anilines is 1. The van der Waals surface area contributed by atoms with Gasteiger partial charge in [-0.1, -0.05) is 23.9 Å². The summed E-state index contributed by atoms with van der Waals surface area (Å²) in [5.41, 5.74) is 0.294. The molecule has 0 spiro atoms. The molecule has 0 atom stereocenters. The first kappa shape index (κ1) is 14.1. The summed E-state index contributed by atoms with van der Waals surface area (Å²) in [6.45, 7) is -0.329. The highest BCUT2D eigenvalue weighted by molar-refractivity contribution is 7.99. The molecule has 0 aliphatic heterocycles. The second-order valence-corrected chi connectivity index (χ2v) is 4.20. The highest BCUT2D eigenvalue weighted by Gasteiger charge is 2.26. The van der Waals surface area contributed by atoms with Gasteiger partial charge in [-0.15, -0.1) is 0 Å². The molecule has 0 fully saturated rings. The van der Waals surface area contributed by atoms with Crippen molar-refractivity contribution >= 4 is 17.4 Å². The molecule has 1 aromatic carbocycles. The van der Waals surface area contributed by atoms with E-state index in [2.05, 4.69) is 5.32 Å². The summed E-state index contributed by atoms with van der Waals surface area (Å²) in [5, 5.41) is 2.50. The normalized spacial score (nSPS) is 11.9. The second-order valence-electron chi connectivity index (χ2n) is 3.17. The molecule has 0 unspecified atom stereocenters. The standard InChI is InChI=1S/C10H10F5NS/c11-9(12)17-8-4-2-1-3-7(8)16-6-5-10(13,14)15/h1-4,9,16H,5-6H2. The zero-order valence-electron chi connectivity index (χ0n) is 8.60. The smallest absolute Gasteiger partial charge is 0.384 e. The summed E-state index contributed by atoms with van der Waals surface area (Å²) >= 11 is 0.306. The number of para-hydroxylation sites is 1. The van der Waals surface area contributed by atoms with Crippen molar-refractivity contribution in [3.8, 4) is 0 Å². The highest BCUT2D eigenvalue weighted by Crippen LogP contribution is 2.31. The van der Waals surface area contributed by atoms with Crippen LogP contribution in [-0.2, 0) is 0 Å². The Morgan fingerprint density at radius 2 is 1.82 bits per heavy atom.